The molecule has 0 radical (unpaired) electrons. The zero-order valence-corrected chi connectivity index (χ0v) is 31.3. The summed E-state index contributed by atoms with van der Waals surface area (Å²) in [5.74, 6) is -13.0. The third kappa shape index (κ3) is 18.1. The maximum Gasteiger partial charge on any atom is 0.326 e. The van der Waals surface area contributed by atoms with Crippen LogP contribution in [-0.4, -0.2) is 118 Å². The Labute approximate surface area is 316 Å². The Morgan fingerprint density at radius 2 is 0.927 bits per heavy atom. The van der Waals surface area contributed by atoms with Gasteiger partial charge in [0, 0.05) is 6.42 Å². The molecule has 0 spiro atoms. The van der Waals surface area contributed by atoms with Crippen LogP contribution in [0.15, 0.2) is 0 Å². The minimum atomic E-state index is -1.79. The quantitative estimate of drug-likeness (QED) is 0.0390. The molecule has 0 fully saturated rings. The van der Waals surface area contributed by atoms with Gasteiger partial charge in [-0.05, 0) is 25.2 Å². The van der Waals surface area contributed by atoms with Crippen molar-refractivity contribution in [2.24, 2.45) is 34.8 Å². The van der Waals surface area contributed by atoms with E-state index < -0.39 is 138 Å². The van der Waals surface area contributed by atoms with E-state index >= 15 is 0 Å². The Balaban J connectivity index is 6.13. The van der Waals surface area contributed by atoms with Crippen LogP contribution >= 0.6 is 0 Å². The number of carbonyl (C=O) groups excluding carboxylic acids is 9. The first-order chi connectivity index (χ1) is 25.4. The molecule has 23 heteroatoms. The lowest BCUT2D eigenvalue weighted by molar-refractivity contribution is -0.144. The molecule has 0 saturated heterocycles. The number of aliphatic carboxylic acids is 2. The second kappa shape index (κ2) is 23.7. The summed E-state index contributed by atoms with van der Waals surface area (Å²) in [6, 6.07) is -10.6. The molecule has 0 saturated carbocycles. The predicted molar refractivity (Wildman–Crippen MR) is 190 cm³/mol. The molecule has 55 heavy (non-hydrogen) atoms. The molecule has 9 amide bonds. The third-order valence-corrected chi connectivity index (χ3v) is 8.44. The number of carbonyl (C=O) groups is 11. The van der Waals surface area contributed by atoms with E-state index in [1.807, 2.05) is 5.32 Å². The number of nitrogens with one attached hydrogen (secondary N) is 6. The van der Waals surface area contributed by atoms with Crippen LogP contribution in [0.25, 0.3) is 0 Å². The van der Waals surface area contributed by atoms with Gasteiger partial charge in [-0.15, -0.1) is 0 Å². The molecule has 0 unspecified atom stereocenters. The molecule has 0 aliphatic carbocycles. The van der Waals surface area contributed by atoms with E-state index in [4.69, 9.17) is 28.0 Å². The van der Waals surface area contributed by atoms with Gasteiger partial charge in [0.1, 0.15) is 36.3 Å². The Hall–Kier alpha value is -5.87. The van der Waals surface area contributed by atoms with Crippen molar-refractivity contribution in [1.29, 1.82) is 0 Å². The van der Waals surface area contributed by atoms with Gasteiger partial charge in [0.05, 0.1) is 25.3 Å². The summed E-state index contributed by atoms with van der Waals surface area (Å²) in [6.45, 7) is 7.84. The molecule has 0 aromatic carbocycles. The fourth-order valence-corrected chi connectivity index (χ4v) is 4.77. The Morgan fingerprint density at radius 3 is 1.36 bits per heavy atom. The first-order valence-corrected chi connectivity index (χ1v) is 17.3. The number of hydrogen-bond acceptors (Lipinski definition) is 12. The van der Waals surface area contributed by atoms with Crippen LogP contribution in [0.5, 0.6) is 0 Å². The average molecular weight is 787 g/mol. The molecule has 0 aliphatic rings. The monoisotopic (exact) mass is 786 g/mol. The topological polar surface area (TPSA) is 404 Å². The number of amides is 9. The predicted octanol–water partition coefficient (Wildman–Crippen LogP) is -5.09. The standard InChI is InChI=1S/C32H54N10O13/c1-6-13(3)24(30(52)37-15(5)26(48)39-18(11-21(35)44)29(51)40-19(32(54)55)12-22(36)45)42-31(53)25(14(4)7-2)41-28(50)17(8-9-20(34)43)38-27(49)16(33)10-23(46)47/h13-19,24-25H,6-12,33H2,1-5H3,(H2,34,43)(H2,35,44)(H2,36,45)(H,37,52)(H,38,49)(H,39,48)(H,40,51)(H,41,50)(H,42,53)(H,46,47)(H,54,55)/t13-,14-,15-,16-,17-,18-,19-,24-,25-/m0/s1. The summed E-state index contributed by atoms with van der Waals surface area (Å²) in [5.41, 5.74) is 21.0. The van der Waals surface area contributed by atoms with Crippen LogP contribution in [0.4, 0.5) is 0 Å². The Morgan fingerprint density at radius 1 is 0.509 bits per heavy atom. The lowest BCUT2D eigenvalue weighted by Gasteiger charge is -2.30. The van der Waals surface area contributed by atoms with Crippen molar-refractivity contribution in [3.63, 3.8) is 0 Å². The van der Waals surface area contributed by atoms with Gasteiger partial charge in [-0.1, -0.05) is 40.5 Å². The first kappa shape index (κ1) is 49.1. The normalized spacial score (nSPS) is 15.7. The average Bonchev–Trinajstić information content (AvgIpc) is 3.08. The van der Waals surface area contributed by atoms with Crippen LogP contribution in [0.3, 0.4) is 0 Å². The van der Waals surface area contributed by atoms with E-state index in [1.165, 1.54) is 6.92 Å². The van der Waals surface area contributed by atoms with Crippen LogP contribution in [0.2, 0.25) is 0 Å². The maximum absolute atomic E-state index is 13.7. The maximum atomic E-state index is 13.7. The Kier molecular flexibility index (Phi) is 21.2. The van der Waals surface area contributed by atoms with E-state index in [0.29, 0.717) is 12.8 Å². The molecule has 23 nitrogen and oxygen atoms in total. The van der Waals surface area contributed by atoms with Crippen molar-refractivity contribution in [3.05, 3.63) is 0 Å². The van der Waals surface area contributed by atoms with Crippen LogP contribution in [0.1, 0.15) is 79.6 Å². The summed E-state index contributed by atoms with van der Waals surface area (Å²) in [7, 11) is 0. The van der Waals surface area contributed by atoms with Gasteiger partial charge in [0.25, 0.3) is 0 Å². The van der Waals surface area contributed by atoms with Gasteiger partial charge in [-0.25, -0.2) is 4.79 Å². The van der Waals surface area contributed by atoms with Crippen molar-refractivity contribution in [2.45, 2.75) is 122 Å². The van der Waals surface area contributed by atoms with Crippen molar-refractivity contribution in [1.82, 2.24) is 31.9 Å². The highest BCUT2D eigenvalue weighted by atomic mass is 16.4. The number of primary amides is 3. The van der Waals surface area contributed by atoms with Gasteiger partial charge < -0.3 is 65.0 Å². The number of carboxylic acids is 2. The molecule has 9 atom stereocenters. The molecule has 0 aliphatic heterocycles. The van der Waals surface area contributed by atoms with Crippen LogP contribution in [-0.2, 0) is 52.7 Å². The van der Waals surface area contributed by atoms with E-state index in [9.17, 15) is 57.8 Å². The second-order valence-corrected chi connectivity index (χ2v) is 13.0. The minimum Gasteiger partial charge on any atom is -0.481 e. The van der Waals surface area contributed by atoms with E-state index in [-0.39, 0.29) is 12.8 Å². The smallest absolute Gasteiger partial charge is 0.326 e. The highest BCUT2D eigenvalue weighted by Gasteiger charge is 2.36. The molecular formula is C32H54N10O13. The van der Waals surface area contributed by atoms with Gasteiger partial charge in [-0.3, -0.25) is 47.9 Å². The summed E-state index contributed by atoms with van der Waals surface area (Å²) in [6.07, 6.45) is -2.40. The van der Waals surface area contributed by atoms with E-state index in [0.717, 1.165) is 0 Å². The largest absolute Gasteiger partial charge is 0.481 e. The van der Waals surface area contributed by atoms with Crippen molar-refractivity contribution in [3.8, 4) is 0 Å². The van der Waals surface area contributed by atoms with Gasteiger partial charge in [0.15, 0.2) is 0 Å². The molecule has 0 aromatic heterocycles. The van der Waals surface area contributed by atoms with Gasteiger partial charge in [0.2, 0.25) is 53.2 Å². The third-order valence-electron chi connectivity index (χ3n) is 8.44. The highest BCUT2D eigenvalue weighted by Crippen LogP contribution is 2.14. The molecule has 0 aromatic rings. The fraction of sp³-hybridized carbons (Fsp3) is 0.656. The fourth-order valence-electron chi connectivity index (χ4n) is 4.77. The SMILES string of the molecule is CC[C@H](C)[C@H](NC(=O)[C@H](CCC(N)=O)NC(=O)[C@@H](N)CC(=O)O)C(=O)N[C@H](C(=O)N[C@@H](C)C(=O)N[C@@H](CC(N)=O)C(=O)N[C@@H](CC(N)=O)C(=O)O)[C@@H](C)CC. The summed E-state index contributed by atoms with van der Waals surface area (Å²) >= 11 is 0. The molecule has 16 N–H and O–H groups in total. The lowest BCUT2D eigenvalue weighted by atomic mass is 9.94. The molecular weight excluding hydrogens is 732 g/mol. The molecule has 310 valence electrons. The molecule has 0 rings (SSSR count). The summed E-state index contributed by atoms with van der Waals surface area (Å²) < 4.78 is 0. The van der Waals surface area contributed by atoms with Crippen LogP contribution in [0, 0.1) is 11.8 Å². The zero-order chi connectivity index (χ0) is 42.7. The second-order valence-electron chi connectivity index (χ2n) is 13.0. The summed E-state index contributed by atoms with van der Waals surface area (Å²) in [4.78, 5) is 136. The highest BCUT2D eigenvalue weighted by molar-refractivity contribution is 5.98. The van der Waals surface area contributed by atoms with Crippen molar-refractivity contribution in [2.75, 3.05) is 0 Å². The van der Waals surface area contributed by atoms with E-state index in [2.05, 4.69) is 26.6 Å². The van der Waals surface area contributed by atoms with E-state index in [1.54, 1.807) is 27.7 Å². The summed E-state index contributed by atoms with van der Waals surface area (Å²) in [5, 5.41) is 32.2. The number of carboxylic acid groups (broad SMARTS) is 2. The number of hydrogen-bond donors (Lipinski definition) is 12. The first-order valence-electron chi connectivity index (χ1n) is 17.3. The van der Waals surface area contributed by atoms with Gasteiger partial charge in [-0.2, -0.15) is 0 Å². The minimum absolute atomic E-state index is 0.325. The number of nitrogens with two attached hydrogens (primary N) is 4. The molecule has 0 heterocycles. The lowest BCUT2D eigenvalue weighted by Crippen LogP contribution is -2.61. The molecule has 0 bridgehead atoms. The Bertz CT molecular complexity index is 1460. The zero-order valence-electron chi connectivity index (χ0n) is 31.3. The van der Waals surface area contributed by atoms with Crippen molar-refractivity contribution >= 4 is 65.1 Å². The number of rotatable bonds is 26. The van der Waals surface area contributed by atoms with Gasteiger partial charge >= 0.3 is 11.9 Å². The van der Waals surface area contributed by atoms with Crippen LogP contribution < -0.4 is 54.8 Å². The van der Waals surface area contributed by atoms with Crippen molar-refractivity contribution < 1.29 is 63.0 Å².